The Bertz CT molecular complexity index is 860. The molecule has 12 nitrogen and oxygen atoms in total. The standard InChI is InChI=1S/2C5H6N6/c2*6-3-2-4(9-1-8-3)11-5(7)10-2/h2*1H,(H5,6,7,8,9,10,11). The number of aromatic nitrogens is 8. The minimum absolute atomic E-state index is 0.298. The van der Waals surface area contributed by atoms with E-state index in [0.29, 0.717) is 45.9 Å². The van der Waals surface area contributed by atoms with Gasteiger partial charge < -0.3 is 32.9 Å². The quantitative estimate of drug-likeness (QED) is 0.233. The molecule has 22 heavy (non-hydrogen) atoms. The highest BCUT2D eigenvalue weighted by Gasteiger charge is 2.04. The van der Waals surface area contributed by atoms with Crippen molar-refractivity contribution in [1.82, 2.24) is 39.9 Å². The monoisotopic (exact) mass is 300 g/mol. The summed E-state index contributed by atoms with van der Waals surface area (Å²) in [7, 11) is 0. The number of nitrogens with zero attached hydrogens (tertiary/aromatic N) is 6. The third-order valence-electron chi connectivity index (χ3n) is 2.67. The van der Waals surface area contributed by atoms with Crippen molar-refractivity contribution in [3.05, 3.63) is 12.7 Å². The first kappa shape index (κ1) is 13.3. The molecule has 0 unspecified atom stereocenters. The molecule has 4 aromatic heterocycles. The highest BCUT2D eigenvalue weighted by molar-refractivity contribution is 5.83. The summed E-state index contributed by atoms with van der Waals surface area (Å²) in [5.41, 5.74) is 23.9. The average molecular weight is 300 g/mol. The molecular weight excluding hydrogens is 288 g/mol. The Morgan fingerprint density at radius 2 is 1.05 bits per heavy atom. The second-order valence-corrected chi connectivity index (χ2v) is 4.16. The number of aromatic amines is 2. The van der Waals surface area contributed by atoms with Crippen LogP contribution in [0.1, 0.15) is 0 Å². The Kier molecular flexibility index (Phi) is 3.02. The van der Waals surface area contributed by atoms with Gasteiger partial charge in [-0.3, -0.25) is 0 Å². The lowest BCUT2D eigenvalue weighted by atomic mass is 10.5. The maximum absolute atomic E-state index is 5.49. The number of imidazole rings is 2. The first-order chi connectivity index (χ1) is 10.5. The van der Waals surface area contributed by atoms with Crippen molar-refractivity contribution in [2.45, 2.75) is 0 Å². The number of anilines is 4. The number of nitrogen functional groups attached to an aromatic ring is 4. The van der Waals surface area contributed by atoms with E-state index < -0.39 is 0 Å². The number of nitrogens with one attached hydrogen (secondary N) is 2. The van der Waals surface area contributed by atoms with E-state index in [-0.39, 0.29) is 0 Å². The lowest BCUT2D eigenvalue weighted by Gasteiger charge is -1.89. The molecule has 0 aliphatic heterocycles. The van der Waals surface area contributed by atoms with E-state index in [1.54, 1.807) is 0 Å². The van der Waals surface area contributed by atoms with Gasteiger partial charge in [-0.25, -0.2) is 19.9 Å². The van der Waals surface area contributed by atoms with Crippen LogP contribution in [0.4, 0.5) is 23.5 Å². The molecule has 0 aliphatic rings. The summed E-state index contributed by atoms with van der Waals surface area (Å²) in [5.74, 6) is 1.32. The minimum Gasteiger partial charge on any atom is -0.382 e. The molecule has 0 aliphatic carbocycles. The zero-order valence-corrected chi connectivity index (χ0v) is 11.1. The van der Waals surface area contributed by atoms with Gasteiger partial charge in [-0.1, -0.05) is 0 Å². The molecule has 4 heterocycles. The molecule has 0 saturated heterocycles. The maximum Gasteiger partial charge on any atom is 0.200 e. The van der Waals surface area contributed by atoms with E-state index in [0.717, 1.165) is 0 Å². The molecule has 10 N–H and O–H groups in total. The predicted molar refractivity (Wildman–Crippen MR) is 81.0 cm³/mol. The van der Waals surface area contributed by atoms with Gasteiger partial charge >= 0.3 is 0 Å². The van der Waals surface area contributed by atoms with E-state index in [2.05, 4.69) is 39.9 Å². The van der Waals surface area contributed by atoms with Crippen LogP contribution in [0.5, 0.6) is 0 Å². The van der Waals surface area contributed by atoms with Crippen LogP contribution in [0.25, 0.3) is 22.3 Å². The molecule has 0 atom stereocenters. The fourth-order valence-corrected chi connectivity index (χ4v) is 1.73. The van der Waals surface area contributed by atoms with Gasteiger partial charge in [0, 0.05) is 0 Å². The van der Waals surface area contributed by atoms with Gasteiger partial charge in [-0.15, -0.1) is 0 Å². The number of nitrogens with two attached hydrogens (primary N) is 4. The Morgan fingerprint density at radius 3 is 1.41 bits per heavy atom. The van der Waals surface area contributed by atoms with Crippen molar-refractivity contribution in [2.75, 3.05) is 22.9 Å². The van der Waals surface area contributed by atoms with Gasteiger partial charge in [0.1, 0.15) is 23.7 Å². The molecule has 0 amide bonds. The van der Waals surface area contributed by atoms with Crippen molar-refractivity contribution in [1.29, 1.82) is 0 Å². The third-order valence-corrected chi connectivity index (χ3v) is 2.67. The van der Waals surface area contributed by atoms with Crippen LogP contribution in [0, 0.1) is 0 Å². The third kappa shape index (κ3) is 2.35. The molecule has 0 saturated carbocycles. The highest BCUT2D eigenvalue weighted by atomic mass is 15.1. The van der Waals surface area contributed by atoms with Crippen LogP contribution in [-0.4, -0.2) is 39.9 Å². The van der Waals surface area contributed by atoms with Gasteiger partial charge in [0.25, 0.3) is 0 Å². The molecule has 0 fully saturated rings. The zero-order valence-electron chi connectivity index (χ0n) is 11.1. The number of rotatable bonds is 0. The van der Waals surface area contributed by atoms with Gasteiger partial charge in [-0.05, 0) is 0 Å². The summed E-state index contributed by atoms with van der Waals surface area (Å²) in [6.07, 6.45) is 2.69. The van der Waals surface area contributed by atoms with E-state index in [1.807, 2.05) is 0 Å². The topological polar surface area (TPSA) is 213 Å². The van der Waals surface area contributed by atoms with Gasteiger partial charge in [0.05, 0.1) is 0 Å². The first-order valence-corrected chi connectivity index (χ1v) is 5.98. The van der Waals surface area contributed by atoms with E-state index >= 15 is 0 Å². The number of fused-ring (bicyclic) bond motifs is 2. The van der Waals surface area contributed by atoms with Crippen LogP contribution < -0.4 is 22.9 Å². The fraction of sp³-hybridized carbons (Fsp3) is 0. The smallest absolute Gasteiger partial charge is 0.200 e. The lowest BCUT2D eigenvalue weighted by Crippen LogP contribution is -1.91. The van der Waals surface area contributed by atoms with Crippen molar-refractivity contribution < 1.29 is 0 Å². The van der Waals surface area contributed by atoms with Crippen LogP contribution in [0.2, 0.25) is 0 Å². The van der Waals surface area contributed by atoms with Crippen LogP contribution in [-0.2, 0) is 0 Å². The fourth-order valence-electron chi connectivity index (χ4n) is 1.73. The number of hydrogen-bond acceptors (Lipinski definition) is 10. The molecule has 112 valence electrons. The molecule has 0 aromatic carbocycles. The van der Waals surface area contributed by atoms with E-state index in [9.17, 15) is 0 Å². The number of H-pyrrole nitrogens is 2. The highest BCUT2D eigenvalue weighted by Crippen LogP contribution is 2.14. The van der Waals surface area contributed by atoms with Crippen LogP contribution >= 0.6 is 0 Å². The normalized spacial score (nSPS) is 10.5. The lowest BCUT2D eigenvalue weighted by molar-refractivity contribution is 1.21. The van der Waals surface area contributed by atoms with Crippen LogP contribution in [0.3, 0.4) is 0 Å². The SMILES string of the molecule is Nc1nc2ncnc(N)c2[nH]1.Nc1nc2ncnc(N)c2[nH]1. The summed E-state index contributed by atoms with van der Waals surface area (Å²) < 4.78 is 0. The molecule has 0 spiro atoms. The molecule has 4 rings (SSSR count). The maximum atomic E-state index is 5.49. The summed E-state index contributed by atoms with van der Waals surface area (Å²) in [6.45, 7) is 0. The van der Waals surface area contributed by atoms with Gasteiger partial charge in [0.2, 0.25) is 0 Å². The average Bonchev–Trinajstić information content (AvgIpc) is 3.03. The minimum atomic E-state index is 0.298. The summed E-state index contributed by atoms with van der Waals surface area (Å²) >= 11 is 0. The summed E-state index contributed by atoms with van der Waals surface area (Å²) in [4.78, 5) is 28.4. The zero-order chi connectivity index (χ0) is 15.7. The molecular formula is C10H12N12. The van der Waals surface area contributed by atoms with Crippen molar-refractivity contribution >= 4 is 45.9 Å². The van der Waals surface area contributed by atoms with E-state index in [4.69, 9.17) is 22.9 Å². The number of hydrogen-bond donors (Lipinski definition) is 6. The van der Waals surface area contributed by atoms with Gasteiger partial charge in [-0.2, -0.15) is 9.97 Å². The van der Waals surface area contributed by atoms with Gasteiger partial charge in [0.15, 0.2) is 34.8 Å². The molecule has 0 radical (unpaired) electrons. The Morgan fingerprint density at radius 1 is 0.636 bits per heavy atom. The second-order valence-electron chi connectivity index (χ2n) is 4.16. The predicted octanol–water partition coefficient (Wildman–Crippen LogP) is -0.965. The Balaban J connectivity index is 0.000000131. The van der Waals surface area contributed by atoms with Crippen molar-refractivity contribution in [3.8, 4) is 0 Å². The molecule has 12 heteroatoms. The first-order valence-electron chi connectivity index (χ1n) is 5.98. The van der Waals surface area contributed by atoms with E-state index in [1.165, 1.54) is 12.7 Å². The summed E-state index contributed by atoms with van der Waals surface area (Å²) in [5, 5.41) is 0. The Labute approximate surface area is 122 Å². The Hall–Kier alpha value is -3.70. The molecule has 4 aromatic rings. The van der Waals surface area contributed by atoms with Crippen LogP contribution in [0.15, 0.2) is 12.7 Å². The van der Waals surface area contributed by atoms with Crippen molar-refractivity contribution in [2.24, 2.45) is 0 Å². The largest absolute Gasteiger partial charge is 0.382 e. The molecule has 0 bridgehead atoms. The van der Waals surface area contributed by atoms with Crippen molar-refractivity contribution in [3.63, 3.8) is 0 Å². The second kappa shape index (κ2) is 5.01. The summed E-state index contributed by atoms with van der Waals surface area (Å²) in [6, 6.07) is 0.